The fourth-order valence-electron chi connectivity index (χ4n) is 3.31. The van der Waals surface area contributed by atoms with Gasteiger partial charge in [-0.05, 0) is 40.5 Å². The zero-order chi connectivity index (χ0) is 17.9. The number of hydrogen-bond acceptors (Lipinski definition) is 3. The Morgan fingerprint density at radius 2 is 2.00 bits per heavy atom. The summed E-state index contributed by atoms with van der Waals surface area (Å²) in [4.78, 5) is 7.34. The maximum Gasteiger partial charge on any atom is 0.191 e. The van der Waals surface area contributed by atoms with Crippen LogP contribution in [0.2, 0.25) is 0 Å². The number of guanidine groups is 1. The molecule has 2 heterocycles. The maximum atomic E-state index is 4.81. The van der Waals surface area contributed by atoms with Crippen molar-refractivity contribution >= 4 is 29.9 Å². The highest BCUT2D eigenvalue weighted by Crippen LogP contribution is 2.19. The predicted molar refractivity (Wildman–Crippen MR) is 116 cm³/mol. The average molecular weight is 462 g/mol. The molecule has 2 unspecified atom stereocenters. The Morgan fingerprint density at radius 3 is 2.48 bits per heavy atom. The van der Waals surface area contributed by atoms with Gasteiger partial charge in [0.1, 0.15) is 0 Å². The quantitative estimate of drug-likeness (QED) is 0.401. The molecule has 144 valence electrons. The van der Waals surface area contributed by atoms with Crippen molar-refractivity contribution in [3.8, 4) is 0 Å². The number of nitrogens with one attached hydrogen (secondary N) is 2. The molecule has 1 fully saturated rings. The molecule has 2 atom stereocenters. The highest BCUT2D eigenvalue weighted by Gasteiger charge is 2.31. The monoisotopic (exact) mass is 462 g/mol. The second kappa shape index (κ2) is 9.75. The highest BCUT2D eigenvalue weighted by molar-refractivity contribution is 14.0. The molecule has 1 saturated heterocycles. The van der Waals surface area contributed by atoms with Crippen molar-refractivity contribution in [3.05, 3.63) is 17.0 Å². The van der Waals surface area contributed by atoms with E-state index in [1.54, 1.807) is 0 Å². The van der Waals surface area contributed by atoms with Gasteiger partial charge in [0.05, 0.1) is 12.2 Å². The summed E-state index contributed by atoms with van der Waals surface area (Å²) in [6, 6.07) is 1.04. The number of likely N-dealkylation sites (tertiary alicyclic amines) is 1. The summed E-state index contributed by atoms with van der Waals surface area (Å²) in [6.45, 7) is 16.9. The number of aryl methyl sites for hydroxylation is 2. The SMILES string of the molecule is CCNC(=NCc1c(C)nn(C)c1C)NC1CN(C(C)C)CC1C.I. The second-order valence-electron chi connectivity index (χ2n) is 7.24. The standard InChI is InChI=1S/C18H34N6.HI/c1-8-19-18(20-9-16-14(5)22-23(7)15(16)6)21-17-11-24(12(2)3)10-13(17)4;/h12-13,17H,8-11H2,1-7H3,(H2,19,20,21);1H. The number of rotatable bonds is 5. The molecular weight excluding hydrogens is 427 g/mol. The minimum Gasteiger partial charge on any atom is -0.357 e. The molecule has 1 aromatic heterocycles. The van der Waals surface area contributed by atoms with Gasteiger partial charge in [-0.3, -0.25) is 9.58 Å². The lowest BCUT2D eigenvalue weighted by Gasteiger charge is -2.22. The number of aliphatic imine (C=N–C) groups is 1. The van der Waals surface area contributed by atoms with E-state index in [9.17, 15) is 0 Å². The van der Waals surface area contributed by atoms with Gasteiger partial charge in [0.15, 0.2) is 5.96 Å². The minimum atomic E-state index is 0. The first kappa shape index (κ1) is 22.2. The molecule has 1 aliphatic heterocycles. The minimum absolute atomic E-state index is 0. The molecule has 0 spiro atoms. The van der Waals surface area contributed by atoms with Crippen LogP contribution in [0.15, 0.2) is 4.99 Å². The Kier molecular flexibility index (Phi) is 8.67. The summed E-state index contributed by atoms with van der Waals surface area (Å²) in [7, 11) is 1.99. The van der Waals surface area contributed by atoms with Crippen molar-refractivity contribution in [1.82, 2.24) is 25.3 Å². The van der Waals surface area contributed by atoms with E-state index in [1.807, 2.05) is 11.7 Å². The van der Waals surface area contributed by atoms with Gasteiger partial charge in [-0.25, -0.2) is 4.99 Å². The van der Waals surface area contributed by atoms with Gasteiger partial charge >= 0.3 is 0 Å². The average Bonchev–Trinajstić information content (AvgIpc) is 2.99. The van der Waals surface area contributed by atoms with Crippen LogP contribution >= 0.6 is 24.0 Å². The third-order valence-electron chi connectivity index (χ3n) is 5.09. The predicted octanol–water partition coefficient (Wildman–Crippen LogP) is 2.44. The van der Waals surface area contributed by atoms with Crippen LogP contribution in [-0.4, -0.2) is 52.4 Å². The fraction of sp³-hybridized carbons (Fsp3) is 0.778. The van der Waals surface area contributed by atoms with E-state index in [-0.39, 0.29) is 24.0 Å². The summed E-state index contributed by atoms with van der Waals surface area (Å²) >= 11 is 0. The number of hydrogen-bond donors (Lipinski definition) is 2. The molecule has 2 rings (SSSR count). The maximum absolute atomic E-state index is 4.81. The summed E-state index contributed by atoms with van der Waals surface area (Å²) < 4.78 is 1.93. The van der Waals surface area contributed by atoms with Crippen LogP contribution in [0.4, 0.5) is 0 Å². The Hall–Kier alpha value is -0.830. The lowest BCUT2D eigenvalue weighted by atomic mass is 10.1. The second-order valence-corrected chi connectivity index (χ2v) is 7.24. The van der Waals surface area contributed by atoms with Crippen LogP contribution < -0.4 is 10.6 Å². The van der Waals surface area contributed by atoms with E-state index in [1.165, 1.54) is 11.3 Å². The number of aromatic nitrogens is 2. The lowest BCUT2D eigenvalue weighted by Crippen LogP contribution is -2.46. The van der Waals surface area contributed by atoms with Crippen molar-refractivity contribution in [1.29, 1.82) is 0 Å². The number of halogens is 1. The van der Waals surface area contributed by atoms with Crippen LogP contribution in [0.25, 0.3) is 0 Å². The van der Waals surface area contributed by atoms with Crippen LogP contribution in [-0.2, 0) is 13.6 Å². The third kappa shape index (κ3) is 5.57. The van der Waals surface area contributed by atoms with Crippen molar-refractivity contribution in [3.63, 3.8) is 0 Å². The molecule has 0 amide bonds. The van der Waals surface area contributed by atoms with E-state index >= 15 is 0 Å². The molecule has 25 heavy (non-hydrogen) atoms. The lowest BCUT2D eigenvalue weighted by molar-refractivity contribution is 0.265. The van der Waals surface area contributed by atoms with E-state index in [4.69, 9.17) is 4.99 Å². The van der Waals surface area contributed by atoms with Crippen LogP contribution in [0, 0.1) is 19.8 Å². The smallest absolute Gasteiger partial charge is 0.191 e. The van der Waals surface area contributed by atoms with Crippen molar-refractivity contribution in [2.24, 2.45) is 18.0 Å². The molecule has 0 saturated carbocycles. The molecule has 0 aromatic carbocycles. The fourth-order valence-corrected chi connectivity index (χ4v) is 3.31. The van der Waals surface area contributed by atoms with Crippen molar-refractivity contribution < 1.29 is 0 Å². The molecule has 1 aliphatic rings. The van der Waals surface area contributed by atoms with Crippen LogP contribution in [0.1, 0.15) is 44.6 Å². The van der Waals surface area contributed by atoms with Gasteiger partial charge < -0.3 is 10.6 Å². The molecule has 2 N–H and O–H groups in total. The topological polar surface area (TPSA) is 57.5 Å². The summed E-state index contributed by atoms with van der Waals surface area (Å²) in [6.07, 6.45) is 0. The third-order valence-corrected chi connectivity index (χ3v) is 5.09. The molecule has 1 aromatic rings. The molecule has 7 heteroatoms. The molecule has 0 radical (unpaired) electrons. The first-order valence-electron chi connectivity index (χ1n) is 9.11. The largest absolute Gasteiger partial charge is 0.357 e. The van der Waals surface area contributed by atoms with Gasteiger partial charge in [0.25, 0.3) is 0 Å². The van der Waals surface area contributed by atoms with Crippen molar-refractivity contribution in [2.45, 2.75) is 60.2 Å². The van der Waals surface area contributed by atoms with Crippen LogP contribution in [0.3, 0.4) is 0 Å². The summed E-state index contributed by atoms with van der Waals surface area (Å²) in [5.41, 5.74) is 3.47. The van der Waals surface area contributed by atoms with Gasteiger partial charge in [0.2, 0.25) is 0 Å². The molecule has 0 bridgehead atoms. The Balaban J connectivity index is 0.00000312. The van der Waals surface area contributed by atoms with E-state index in [2.05, 4.69) is 62.2 Å². The molecular formula is C18H35IN6. The summed E-state index contributed by atoms with van der Waals surface area (Å²) in [5.74, 6) is 1.53. The Labute approximate surface area is 169 Å². The Bertz CT molecular complexity index is 580. The molecule has 0 aliphatic carbocycles. The first-order valence-corrected chi connectivity index (χ1v) is 9.11. The summed E-state index contributed by atoms with van der Waals surface area (Å²) in [5, 5.41) is 11.5. The van der Waals surface area contributed by atoms with E-state index in [0.717, 1.165) is 31.3 Å². The Morgan fingerprint density at radius 1 is 1.32 bits per heavy atom. The van der Waals surface area contributed by atoms with E-state index in [0.29, 0.717) is 24.5 Å². The van der Waals surface area contributed by atoms with Crippen molar-refractivity contribution in [2.75, 3.05) is 19.6 Å². The zero-order valence-corrected chi connectivity index (χ0v) is 19.1. The van der Waals surface area contributed by atoms with Gasteiger partial charge in [-0.2, -0.15) is 5.10 Å². The molecule has 6 nitrogen and oxygen atoms in total. The normalized spacial score (nSPS) is 21.5. The van der Waals surface area contributed by atoms with Gasteiger partial charge in [-0.15, -0.1) is 24.0 Å². The highest BCUT2D eigenvalue weighted by atomic mass is 127. The first-order chi connectivity index (χ1) is 11.3. The van der Waals surface area contributed by atoms with Gasteiger partial charge in [-0.1, -0.05) is 6.92 Å². The number of nitrogens with zero attached hydrogens (tertiary/aromatic N) is 4. The van der Waals surface area contributed by atoms with E-state index < -0.39 is 0 Å². The van der Waals surface area contributed by atoms with Gasteiger partial charge in [0, 0.05) is 50.0 Å². The van der Waals surface area contributed by atoms with Crippen LogP contribution in [0.5, 0.6) is 0 Å². The zero-order valence-electron chi connectivity index (χ0n) is 16.8.